The highest BCUT2D eigenvalue weighted by atomic mass is 16.6. The molecule has 1 aromatic carbocycles. The van der Waals surface area contributed by atoms with Crippen molar-refractivity contribution in [3.8, 4) is 11.5 Å². The first kappa shape index (κ1) is 69.4. The Labute approximate surface area is 526 Å². The van der Waals surface area contributed by atoms with Crippen molar-refractivity contribution in [3.63, 3.8) is 0 Å². The lowest BCUT2D eigenvalue weighted by atomic mass is 9.98. The van der Waals surface area contributed by atoms with Crippen LogP contribution in [-0.4, -0.2) is 225 Å². The van der Waals surface area contributed by atoms with Crippen molar-refractivity contribution in [1.82, 2.24) is 55.7 Å². The summed E-state index contributed by atoms with van der Waals surface area (Å²) in [5, 5.41) is 10.5. The van der Waals surface area contributed by atoms with E-state index in [9.17, 15) is 57.5 Å². The van der Waals surface area contributed by atoms with E-state index in [0.717, 1.165) is 19.6 Å². The van der Waals surface area contributed by atoms with Gasteiger partial charge in [0.1, 0.15) is 71.8 Å². The van der Waals surface area contributed by atoms with Crippen LogP contribution in [-0.2, 0) is 62.2 Å². The Morgan fingerprint density at radius 1 is 0.626 bits per heavy atom. The van der Waals surface area contributed by atoms with Crippen molar-refractivity contribution < 1.29 is 76.2 Å². The number of likely N-dealkylation sites (N-methyl/N-ethyl adjacent to an activating group) is 4. The quantitative estimate of drug-likeness (QED) is 0.118. The minimum atomic E-state index is -1.96. The fourth-order valence-corrected chi connectivity index (χ4v) is 12.1. The number of carbonyl (C=O) groups excluding carboxylic acids is 13. The number of cyclic esters (lactones) is 2. The van der Waals surface area contributed by atoms with E-state index in [-0.39, 0.29) is 34.4 Å². The van der Waals surface area contributed by atoms with Gasteiger partial charge in [-0.05, 0) is 90.7 Å². The molecule has 0 aromatic heterocycles. The van der Waals surface area contributed by atoms with E-state index in [1.807, 2.05) is 0 Å². The van der Waals surface area contributed by atoms with Crippen molar-refractivity contribution in [2.75, 3.05) is 47.0 Å². The number of nitrogen functional groups attached to an aromatic ring is 1. The van der Waals surface area contributed by atoms with Crippen molar-refractivity contribution in [3.05, 3.63) is 44.6 Å². The lowest BCUT2D eigenvalue weighted by Crippen LogP contribution is -2.62. The molecule has 29 nitrogen and oxygen atoms in total. The van der Waals surface area contributed by atoms with Crippen molar-refractivity contribution in [1.29, 1.82) is 0 Å². The molecule has 1 aliphatic carbocycles. The van der Waals surface area contributed by atoms with Crippen LogP contribution in [0, 0.1) is 31.6 Å². The largest absolute Gasteiger partial charge is 0.458 e. The summed E-state index contributed by atoms with van der Waals surface area (Å²) >= 11 is 0. The van der Waals surface area contributed by atoms with Gasteiger partial charge < -0.3 is 70.3 Å². The average molecular weight is 1270 g/mol. The maximum absolute atomic E-state index is 15.1. The number of hydrogen-bond donors (Lipinski definition) is 5. The van der Waals surface area contributed by atoms with Crippen LogP contribution in [0.15, 0.2) is 21.3 Å². The van der Waals surface area contributed by atoms with Gasteiger partial charge in [0.2, 0.25) is 52.7 Å². The van der Waals surface area contributed by atoms with Crippen LogP contribution in [0.3, 0.4) is 0 Å². The molecule has 1 aromatic rings. The summed E-state index contributed by atoms with van der Waals surface area (Å²) in [6, 6.07) is -10.4. The summed E-state index contributed by atoms with van der Waals surface area (Å²) < 4.78 is 18.1. The second-order valence-corrected chi connectivity index (χ2v) is 25.4. The number of anilines is 1. The number of aryl methyl sites for hydroxylation is 1. The number of benzene rings is 2. The molecule has 0 radical (unpaired) electrons. The number of nitrogens with two attached hydrogens (primary N) is 1. The summed E-state index contributed by atoms with van der Waals surface area (Å²) in [5.41, 5.74) is 3.27. The lowest BCUT2D eigenvalue weighted by Gasteiger charge is -2.37. The summed E-state index contributed by atoms with van der Waals surface area (Å²) in [6.07, 6.45) is -2.87. The van der Waals surface area contributed by atoms with Crippen LogP contribution in [0.2, 0.25) is 0 Å². The van der Waals surface area contributed by atoms with Crippen molar-refractivity contribution >= 4 is 93.6 Å². The third kappa shape index (κ3) is 13.6. The Morgan fingerprint density at radius 2 is 1.13 bits per heavy atom. The summed E-state index contributed by atoms with van der Waals surface area (Å²) in [6.45, 7) is 18.8. The molecule has 5 aliphatic heterocycles. The molecule has 10 amide bonds. The monoisotopic (exact) mass is 1270 g/mol. The summed E-state index contributed by atoms with van der Waals surface area (Å²) in [5.74, 6) is -13.3. The molecule has 6 N–H and O–H groups in total. The molecule has 91 heavy (non-hydrogen) atoms. The van der Waals surface area contributed by atoms with E-state index in [0.29, 0.717) is 12.0 Å². The predicted molar refractivity (Wildman–Crippen MR) is 326 cm³/mol. The van der Waals surface area contributed by atoms with E-state index in [4.69, 9.17) is 24.6 Å². The Hall–Kier alpha value is -9.05. The van der Waals surface area contributed by atoms with Crippen LogP contribution < -0.4 is 32.4 Å². The van der Waals surface area contributed by atoms with Gasteiger partial charge in [-0.25, -0.2) is 14.6 Å². The Bertz CT molecular complexity index is 3530. The molecule has 4 saturated heterocycles. The number of aromatic nitrogens is 1. The van der Waals surface area contributed by atoms with E-state index < -0.39 is 209 Å². The van der Waals surface area contributed by atoms with E-state index in [2.05, 4.69) is 21.3 Å². The topological polar surface area (TPSA) is 377 Å². The van der Waals surface area contributed by atoms with Crippen LogP contribution in [0.25, 0.3) is 22.6 Å². The minimum absolute atomic E-state index is 0.0999. The molecule has 4 unspecified atom stereocenters. The molecule has 0 saturated carbocycles. The number of nitrogens with one attached hydrogen (secondary N) is 4. The Balaban J connectivity index is 1.32. The zero-order valence-corrected chi connectivity index (χ0v) is 54.5. The number of amides is 10. The standard InChI is InChI=1S/C62H84N12O17/c1-25(2)43-59(85)73-29(8)19-21-36(73)57(83)69(14)24-40(77)72(17)49(27(5)6)62(88)90-34(13)45(55(81)65-43)67-53(79)35-20-18-28(7)51-47(35)64-48-41(42(63)50(78)30(9)52(48)91-51)54(80)68-46-33(12)89-61(87)32(11)71(16)39(76)23-70(15)58(84)37-22-38(75)31(10)74(37)60(86)44(26(3)4)66-56(46)82/h18,20,25-27,29,31-34,36-37,43-46,49H,19,21-24,63H2,1-17H3,(H,65,81)(H,66,82)(H,67,79)(H,68,80)/t29?,31?,32-,33?,34?,36-,37-,43+,44+,45-,46-,49-/m0/s1. The lowest BCUT2D eigenvalue weighted by molar-refractivity contribution is -0.163. The number of nitrogens with zero attached hydrogens (tertiary/aromatic N) is 7. The van der Waals surface area contributed by atoms with Gasteiger partial charge in [-0.3, -0.25) is 57.5 Å². The fourth-order valence-electron chi connectivity index (χ4n) is 12.1. The third-order valence-electron chi connectivity index (χ3n) is 17.9. The molecule has 5 heterocycles. The van der Waals surface area contributed by atoms with Gasteiger partial charge in [0.05, 0.1) is 35.9 Å². The van der Waals surface area contributed by atoms with Gasteiger partial charge in [0.25, 0.3) is 11.8 Å². The Morgan fingerprint density at radius 3 is 1.67 bits per heavy atom. The number of esters is 2. The maximum atomic E-state index is 15.1. The summed E-state index contributed by atoms with van der Waals surface area (Å²) in [4.78, 5) is 212. The Kier molecular flexibility index (Phi) is 20.7. The van der Waals surface area contributed by atoms with Crippen molar-refractivity contribution in [2.45, 2.75) is 182 Å². The minimum Gasteiger partial charge on any atom is -0.458 e. The van der Waals surface area contributed by atoms with E-state index in [1.165, 1.54) is 84.7 Å². The smallest absolute Gasteiger partial charge is 0.329 e. The van der Waals surface area contributed by atoms with Gasteiger partial charge >= 0.3 is 11.9 Å². The molecule has 6 aliphatic rings. The van der Waals surface area contributed by atoms with Gasteiger partial charge in [0.15, 0.2) is 17.1 Å². The second-order valence-electron chi connectivity index (χ2n) is 25.4. The van der Waals surface area contributed by atoms with Gasteiger partial charge in [0, 0.05) is 46.2 Å². The highest BCUT2D eigenvalue weighted by Gasteiger charge is 2.50. The zero-order valence-electron chi connectivity index (χ0n) is 54.5. The molecule has 29 heteroatoms. The molecule has 12 atom stereocenters. The third-order valence-corrected chi connectivity index (χ3v) is 17.9. The number of carbonyl (C=O) groups is 13. The first-order valence-electron chi connectivity index (χ1n) is 30.4. The highest BCUT2D eigenvalue weighted by Crippen LogP contribution is 2.36. The SMILES string of the molecule is Cc1c2oc3c(C)ccc(C(=O)N[C@@H]4C(=O)N[C@H](C(C)C)C(=O)N5C(C)CC[C@H]5C(=O)N(C)CC(=O)N(C)[C@@H](C(C)C)C(=O)OC4C)c3nc-2c(C(=O)N[C@@H]2C(=O)N[C@H](C(C)C)C(=O)N3C(C)C(=O)C[C@H]3C(=O)N(C)CC(=O)N(C)[C@@H](C)C(=O)OC2C)c(N)c1=O. The first-order chi connectivity index (χ1) is 42.4. The number of ketones is 1. The molecular formula is C62H84N12O17. The number of fused-ring (bicyclic) bond motifs is 4. The van der Waals surface area contributed by atoms with Crippen LogP contribution in [0.4, 0.5) is 5.69 Å². The molecule has 494 valence electrons. The van der Waals surface area contributed by atoms with Gasteiger partial charge in [-0.1, -0.05) is 47.6 Å². The van der Waals surface area contributed by atoms with Gasteiger partial charge in [-0.15, -0.1) is 0 Å². The van der Waals surface area contributed by atoms with E-state index >= 15 is 9.59 Å². The van der Waals surface area contributed by atoms with E-state index in [1.54, 1.807) is 55.4 Å². The van der Waals surface area contributed by atoms with Crippen molar-refractivity contribution in [2.24, 2.45) is 17.8 Å². The van der Waals surface area contributed by atoms with Crippen LogP contribution in [0.1, 0.15) is 127 Å². The summed E-state index contributed by atoms with van der Waals surface area (Å²) in [7, 11) is 5.37. The fraction of sp³-hybridized carbons (Fsp3) is 0.597. The second kappa shape index (κ2) is 27.2. The first-order valence-corrected chi connectivity index (χ1v) is 30.4. The number of hydrogen-bond acceptors (Lipinski definition) is 19. The number of ether oxygens (including phenoxy) is 2. The van der Waals surface area contributed by atoms with Crippen LogP contribution in [0.5, 0.6) is 0 Å². The molecular weight excluding hydrogens is 1180 g/mol. The van der Waals surface area contributed by atoms with Gasteiger partial charge in [-0.2, -0.15) is 0 Å². The molecule has 4 fully saturated rings. The predicted octanol–water partition coefficient (Wildman–Crippen LogP) is 0.0455. The highest BCUT2D eigenvalue weighted by molar-refractivity contribution is 6.11. The average Bonchev–Trinajstić information content (AvgIpc) is 1.43. The van der Waals surface area contributed by atoms with Crippen LogP contribution >= 0.6 is 0 Å². The number of Topliss-reactive ketones (excluding diaryl/α,β-unsaturated/α-hetero) is 1. The normalized spacial score (nSPS) is 27.7. The maximum Gasteiger partial charge on any atom is 0.329 e. The molecule has 7 rings (SSSR count). The zero-order chi connectivity index (χ0) is 68.0. The molecule has 0 spiro atoms. The molecule has 0 bridgehead atoms. The number of rotatable bonds is 7.